The molecule has 1 heterocycles. The zero-order valence-corrected chi connectivity index (χ0v) is 12.8. The standard InChI is InChI=1S/C13H15NO6S/c1-7-6-21-11(13(17)20-4)10(7)14-8(12(16)19-3)5-9(15)18-2/h5-6,14H,1-4H3. The summed E-state index contributed by atoms with van der Waals surface area (Å²) in [6.07, 6.45) is 0.948. The molecule has 0 amide bonds. The number of thiophene rings is 1. The smallest absolute Gasteiger partial charge is 0.354 e. The number of nitrogens with one attached hydrogen (secondary N) is 1. The monoisotopic (exact) mass is 313 g/mol. The number of aryl methyl sites for hydroxylation is 1. The summed E-state index contributed by atoms with van der Waals surface area (Å²) in [6.45, 7) is 1.75. The van der Waals surface area contributed by atoms with Crippen molar-refractivity contribution in [2.45, 2.75) is 6.92 Å². The minimum absolute atomic E-state index is 0.143. The van der Waals surface area contributed by atoms with Gasteiger partial charge in [-0.1, -0.05) is 0 Å². The highest BCUT2D eigenvalue weighted by Crippen LogP contribution is 2.29. The summed E-state index contributed by atoms with van der Waals surface area (Å²) in [5, 5.41) is 4.45. The number of hydrogen-bond donors (Lipinski definition) is 1. The first-order valence-electron chi connectivity index (χ1n) is 5.76. The first-order chi connectivity index (χ1) is 9.94. The topological polar surface area (TPSA) is 90.9 Å². The average molecular weight is 313 g/mol. The summed E-state index contributed by atoms with van der Waals surface area (Å²) in [7, 11) is 3.62. The van der Waals surface area contributed by atoms with Gasteiger partial charge in [0.05, 0.1) is 33.1 Å². The van der Waals surface area contributed by atoms with Crippen molar-refractivity contribution < 1.29 is 28.6 Å². The molecule has 0 unspecified atom stereocenters. The molecule has 114 valence electrons. The van der Waals surface area contributed by atoms with Gasteiger partial charge in [0.25, 0.3) is 0 Å². The molecule has 0 aliphatic heterocycles. The fraction of sp³-hybridized carbons (Fsp3) is 0.308. The van der Waals surface area contributed by atoms with Gasteiger partial charge in [-0.15, -0.1) is 11.3 Å². The van der Waals surface area contributed by atoms with Gasteiger partial charge in [0.1, 0.15) is 10.6 Å². The molecular weight excluding hydrogens is 298 g/mol. The number of ether oxygens (including phenoxy) is 3. The molecule has 1 aromatic heterocycles. The highest BCUT2D eigenvalue weighted by molar-refractivity contribution is 7.12. The van der Waals surface area contributed by atoms with Crippen molar-refractivity contribution in [3.63, 3.8) is 0 Å². The molecule has 0 saturated carbocycles. The lowest BCUT2D eigenvalue weighted by atomic mass is 10.2. The first-order valence-corrected chi connectivity index (χ1v) is 6.63. The number of hydrogen-bond acceptors (Lipinski definition) is 8. The Kier molecular flexibility index (Phi) is 5.92. The van der Waals surface area contributed by atoms with E-state index in [1.807, 2.05) is 0 Å². The molecule has 0 bridgehead atoms. The van der Waals surface area contributed by atoms with Crippen LogP contribution in [0.3, 0.4) is 0 Å². The Morgan fingerprint density at radius 2 is 1.81 bits per heavy atom. The van der Waals surface area contributed by atoms with Gasteiger partial charge in [-0.25, -0.2) is 14.4 Å². The van der Waals surface area contributed by atoms with Crippen LogP contribution in [-0.4, -0.2) is 39.2 Å². The lowest BCUT2D eigenvalue weighted by Gasteiger charge is -2.10. The average Bonchev–Trinajstić information content (AvgIpc) is 2.85. The fourth-order valence-electron chi connectivity index (χ4n) is 1.41. The normalized spacial score (nSPS) is 10.8. The third-order valence-corrected chi connectivity index (χ3v) is 3.55. The Bertz CT molecular complexity index is 589. The second-order valence-electron chi connectivity index (χ2n) is 3.81. The van der Waals surface area contributed by atoms with E-state index >= 15 is 0 Å². The van der Waals surface area contributed by atoms with E-state index in [0.29, 0.717) is 5.69 Å². The van der Waals surface area contributed by atoms with Gasteiger partial charge in [0.15, 0.2) is 0 Å². The predicted molar refractivity (Wildman–Crippen MR) is 76.1 cm³/mol. The van der Waals surface area contributed by atoms with Gasteiger partial charge in [-0.3, -0.25) is 0 Å². The van der Waals surface area contributed by atoms with Crippen LogP contribution < -0.4 is 5.32 Å². The third kappa shape index (κ3) is 4.06. The van der Waals surface area contributed by atoms with E-state index in [9.17, 15) is 14.4 Å². The van der Waals surface area contributed by atoms with Crippen LogP contribution in [0.25, 0.3) is 0 Å². The van der Waals surface area contributed by atoms with Gasteiger partial charge < -0.3 is 19.5 Å². The molecule has 8 heteroatoms. The van der Waals surface area contributed by atoms with Crippen molar-refractivity contribution in [1.29, 1.82) is 0 Å². The molecule has 1 aromatic rings. The number of esters is 3. The number of rotatable bonds is 5. The molecule has 1 N–H and O–H groups in total. The molecule has 0 aliphatic carbocycles. The van der Waals surface area contributed by atoms with Gasteiger partial charge in [-0.2, -0.15) is 0 Å². The van der Waals surface area contributed by atoms with Crippen LogP contribution in [0.1, 0.15) is 15.2 Å². The quantitative estimate of drug-likeness (QED) is 0.500. The number of methoxy groups -OCH3 is 3. The van der Waals surface area contributed by atoms with Crippen LogP contribution in [0.4, 0.5) is 5.69 Å². The number of carbonyl (C=O) groups is 3. The Morgan fingerprint density at radius 1 is 1.14 bits per heavy atom. The van der Waals surface area contributed by atoms with Crippen LogP contribution >= 0.6 is 11.3 Å². The maximum absolute atomic E-state index is 11.7. The van der Waals surface area contributed by atoms with Crippen LogP contribution in [0, 0.1) is 6.92 Å². The maximum Gasteiger partial charge on any atom is 0.354 e. The molecule has 0 fully saturated rings. The molecule has 0 atom stereocenters. The van der Waals surface area contributed by atoms with Crippen LogP contribution in [0.15, 0.2) is 17.2 Å². The van der Waals surface area contributed by atoms with E-state index in [4.69, 9.17) is 0 Å². The summed E-state index contributed by atoms with van der Waals surface area (Å²) >= 11 is 1.16. The lowest BCUT2D eigenvalue weighted by Crippen LogP contribution is -2.17. The number of carbonyl (C=O) groups excluding carboxylic acids is 3. The molecule has 0 aromatic carbocycles. The Balaban J connectivity index is 3.18. The first kappa shape index (κ1) is 16.7. The van der Waals surface area contributed by atoms with Crippen molar-refractivity contribution in [2.24, 2.45) is 0 Å². The van der Waals surface area contributed by atoms with Crippen LogP contribution in [-0.2, 0) is 23.8 Å². The van der Waals surface area contributed by atoms with Gasteiger partial charge in [0, 0.05) is 0 Å². The molecule has 0 aliphatic rings. The highest BCUT2D eigenvalue weighted by Gasteiger charge is 2.21. The van der Waals surface area contributed by atoms with E-state index in [2.05, 4.69) is 19.5 Å². The summed E-state index contributed by atoms with van der Waals surface area (Å²) in [6, 6.07) is 0. The van der Waals surface area contributed by atoms with Crippen molar-refractivity contribution in [3.8, 4) is 0 Å². The molecule has 0 spiro atoms. The van der Waals surface area contributed by atoms with Crippen LogP contribution in [0.5, 0.6) is 0 Å². The lowest BCUT2D eigenvalue weighted by molar-refractivity contribution is -0.138. The van der Waals surface area contributed by atoms with E-state index < -0.39 is 17.9 Å². The van der Waals surface area contributed by atoms with E-state index in [1.54, 1.807) is 12.3 Å². The molecule has 0 saturated heterocycles. The Labute approximate surface area is 125 Å². The van der Waals surface area contributed by atoms with Crippen molar-refractivity contribution >= 4 is 34.9 Å². The highest BCUT2D eigenvalue weighted by atomic mass is 32.1. The van der Waals surface area contributed by atoms with Crippen molar-refractivity contribution in [3.05, 3.63) is 27.6 Å². The van der Waals surface area contributed by atoms with E-state index in [-0.39, 0.29) is 10.6 Å². The van der Waals surface area contributed by atoms with Crippen molar-refractivity contribution in [2.75, 3.05) is 26.6 Å². The molecule has 7 nitrogen and oxygen atoms in total. The third-order valence-electron chi connectivity index (χ3n) is 2.47. The number of anilines is 1. The van der Waals surface area contributed by atoms with E-state index in [0.717, 1.165) is 23.0 Å². The van der Waals surface area contributed by atoms with Gasteiger partial charge >= 0.3 is 17.9 Å². The summed E-state index contributed by atoms with van der Waals surface area (Å²) < 4.78 is 13.7. The zero-order valence-electron chi connectivity index (χ0n) is 12.0. The largest absolute Gasteiger partial charge is 0.466 e. The zero-order chi connectivity index (χ0) is 16.0. The molecular formula is C13H15NO6S. The second kappa shape index (κ2) is 7.44. The second-order valence-corrected chi connectivity index (χ2v) is 4.69. The van der Waals surface area contributed by atoms with Gasteiger partial charge in [0.2, 0.25) is 0 Å². The molecule has 21 heavy (non-hydrogen) atoms. The fourth-order valence-corrected chi connectivity index (χ4v) is 2.33. The minimum Gasteiger partial charge on any atom is -0.466 e. The van der Waals surface area contributed by atoms with Crippen LogP contribution in [0.2, 0.25) is 0 Å². The minimum atomic E-state index is -0.762. The maximum atomic E-state index is 11.7. The predicted octanol–water partition coefficient (Wildman–Crippen LogP) is 1.48. The molecule has 1 rings (SSSR count). The summed E-state index contributed by atoms with van der Waals surface area (Å²) in [5.41, 5.74) is 0.962. The van der Waals surface area contributed by atoms with Crippen molar-refractivity contribution in [1.82, 2.24) is 0 Å². The van der Waals surface area contributed by atoms with E-state index in [1.165, 1.54) is 21.3 Å². The Morgan fingerprint density at radius 3 is 2.33 bits per heavy atom. The summed E-state index contributed by atoms with van der Waals surface area (Å²) in [5.74, 6) is -2.03. The summed E-state index contributed by atoms with van der Waals surface area (Å²) in [4.78, 5) is 34.9. The van der Waals surface area contributed by atoms with Gasteiger partial charge in [-0.05, 0) is 17.9 Å². The Hall–Kier alpha value is -2.35. The SMILES string of the molecule is COC(=O)C=C(Nc1c(C)csc1C(=O)OC)C(=O)OC. The molecule has 0 radical (unpaired) electrons.